The summed E-state index contributed by atoms with van der Waals surface area (Å²) in [5, 5.41) is 6.07. The molecular formula is C10H14N2S2. The summed E-state index contributed by atoms with van der Waals surface area (Å²) in [6.45, 7) is 1.09. The maximum Gasteiger partial charge on any atom is 0.169 e. The lowest BCUT2D eigenvalue weighted by Crippen LogP contribution is -2.36. The Morgan fingerprint density at radius 3 is 3.21 bits per heavy atom. The van der Waals surface area contributed by atoms with E-state index in [2.05, 4.69) is 27.7 Å². The van der Waals surface area contributed by atoms with Gasteiger partial charge in [-0.15, -0.1) is 11.3 Å². The van der Waals surface area contributed by atoms with Crippen LogP contribution in [0.5, 0.6) is 0 Å². The van der Waals surface area contributed by atoms with Gasteiger partial charge in [0.15, 0.2) is 5.11 Å². The van der Waals surface area contributed by atoms with Gasteiger partial charge in [-0.05, 0) is 36.5 Å². The number of thiophene rings is 1. The van der Waals surface area contributed by atoms with Crippen molar-refractivity contribution in [2.24, 2.45) is 0 Å². The molecule has 0 saturated carbocycles. The second-order valence-electron chi connectivity index (χ2n) is 3.42. The van der Waals surface area contributed by atoms with Crippen molar-refractivity contribution in [2.45, 2.75) is 18.9 Å². The minimum Gasteiger partial charge on any atom is -0.366 e. The minimum atomic E-state index is 0.509. The van der Waals surface area contributed by atoms with Gasteiger partial charge in [-0.2, -0.15) is 0 Å². The monoisotopic (exact) mass is 226 g/mol. The molecule has 1 aromatic rings. The van der Waals surface area contributed by atoms with E-state index in [9.17, 15) is 0 Å². The fourth-order valence-corrected chi connectivity index (χ4v) is 3.02. The zero-order valence-corrected chi connectivity index (χ0v) is 9.83. The summed E-state index contributed by atoms with van der Waals surface area (Å²) in [5.74, 6) is 0. The molecule has 2 nitrogen and oxygen atoms in total. The van der Waals surface area contributed by atoms with Gasteiger partial charge in [-0.1, -0.05) is 6.07 Å². The highest BCUT2D eigenvalue weighted by molar-refractivity contribution is 7.80. The maximum atomic E-state index is 5.29. The SMILES string of the molecule is CNC(=S)N1CCC[C@H]1c1cccs1. The lowest BCUT2D eigenvalue weighted by Gasteiger charge is -2.25. The molecule has 0 aliphatic carbocycles. The zero-order valence-electron chi connectivity index (χ0n) is 8.19. The summed E-state index contributed by atoms with van der Waals surface area (Å²) in [6, 6.07) is 4.82. The number of hydrogen-bond acceptors (Lipinski definition) is 2. The highest BCUT2D eigenvalue weighted by Gasteiger charge is 2.27. The van der Waals surface area contributed by atoms with E-state index in [-0.39, 0.29) is 0 Å². The van der Waals surface area contributed by atoms with Crippen LogP contribution in [0.4, 0.5) is 0 Å². The van der Waals surface area contributed by atoms with E-state index in [4.69, 9.17) is 12.2 Å². The highest BCUT2D eigenvalue weighted by atomic mass is 32.1. The average Bonchev–Trinajstić information content (AvgIpc) is 2.85. The number of nitrogens with zero attached hydrogens (tertiary/aromatic N) is 1. The Hall–Kier alpha value is -0.610. The third-order valence-corrected chi connectivity index (χ3v) is 4.01. The molecule has 14 heavy (non-hydrogen) atoms. The quantitative estimate of drug-likeness (QED) is 0.740. The molecule has 0 amide bonds. The third kappa shape index (κ3) is 1.77. The van der Waals surface area contributed by atoms with E-state index in [0.717, 1.165) is 11.7 Å². The topological polar surface area (TPSA) is 15.3 Å². The van der Waals surface area contributed by atoms with Crippen molar-refractivity contribution >= 4 is 28.7 Å². The van der Waals surface area contributed by atoms with E-state index >= 15 is 0 Å². The Kier molecular flexibility index (Phi) is 3.03. The molecule has 0 spiro atoms. The second-order valence-corrected chi connectivity index (χ2v) is 4.79. The van der Waals surface area contributed by atoms with Crippen molar-refractivity contribution in [3.8, 4) is 0 Å². The molecule has 1 atom stereocenters. The molecule has 1 saturated heterocycles. The molecule has 76 valence electrons. The molecule has 1 aliphatic rings. The summed E-state index contributed by atoms with van der Waals surface area (Å²) in [4.78, 5) is 3.72. The van der Waals surface area contributed by atoms with Crippen LogP contribution in [0.15, 0.2) is 17.5 Å². The molecule has 0 unspecified atom stereocenters. The predicted molar refractivity (Wildman–Crippen MR) is 64.7 cm³/mol. The molecule has 4 heteroatoms. The fraction of sp³-hybridized carbons (Fsp3) is 0.500. The largest absolute Gasteiger partial charge is 0.366 e. The van der Waals surface area contributed by atoms with Gasteiger partial charge in [-0.25, -0.2) is 0 Å². The van der Waals surface area contributed by atoms with Gasteiger partial charge in [0.05, 0.1) is 6.04 Å². The van der Waals surface area contributed by atoms with Crippen LogP contribution in [0.1, 0.15) is 23.8 Å². The number of nitrogens with one attached hydrogen (secondary N) is 1. The van der Waals surface area contributed by atoms with Crippen LogP contribution in [-0.2, 0) is 0 Å². The van der Waals surface area contributed by atoms with Crippen molar-refractivity contribution in [3.05, 3.63) is 22.4 Å². The molecule has 0 radical (unpaired) electrons. The molecule has 0 aromatic carbocycles. The average molecular weight is 226 g/mol. The molecule has 1 aliphatic heterocycles. The van der Waals surface area contributed by atoms with E-state index in [1.165, 1.54) is 17.7 Å². The summed E-state index contributed by atoms with van der Waals surface area (Å²) in [5.41, 5.74) is 0. The van der Waals surface area contributed by atoms with Crippen LogP contribution < -0.4 is 5.32 Å². The van der Waals surface area contributed by atoms with Crippen molar-refractivity contribution in [2.75, 3.05) is 13.6 Å². The lowest BCUT2D eigenvalue weighted by molar-refractivity contribution is 0.402. The smallest absolute Gasteiger partial charge is 0.169 e. The number of hydrogen-bond donors (Lipinski definition) is 1. The Bertz CT molecular complexity index is 308. The van der Waals surface area contributed by atoms with Gasteiger partial charge < -0.3 is 10.2 Å². The Balaban J connectivity index is 2.15. The summed E-state index contributed by atoms with van der Waals surface area (Å²) in [6.07, 6.45) is 2.46. The first-order valence-electron chi connectivity index (χ1n) is 4.84. The van der Waals surface area contributed by atoms with Gasteiger partial charge in [-0.3, -0.25) is 0 Å². The van der Waals surface area contributed by atoms with E-state index in [1.54, 1.807) is 0 Å². The normalized spacial score (nSPS) is 21.2. The molecule has 2 rings (SSSR count). The maximum absolute atomic E-state index is 5.29. The van der Waals surface area contributed by atoms with E-state index in [0.29, 0.717) is 6.04 Å². The van der Waals surface area contributed by atoms with Gasteiger partial charge in [0.25, 0.3) is 0 Å². The number of likely N-dealkylation sites (tertiary alicyclic amines) is 1. The summed E-state index contributed by atoms with van der Waals surface area (Å²) < 4.78 is 0. The fourth-order valence-electron chi connectivity index (χ4n) is 1.93. The molecule has 2 heterocycles. The van der Waals surface area contributed by atoms with Crippen LogP contribution in [0.3, 0.4) is 0 Å². The van der Waals surface area contributed by atoms with E-state index in [1.807, 2.05) is 18.4 Å². The lowest BCUT2D eigenvalue weighted by atomic mass is 10.2. The first kappa shape index (κ1) is 9.93. The first-order chi connectivity index (χ1) is 6.83. The molecule has 1 fully saturated rings. The second kappa shape index (κ2) is 4.28. The Labute approximate surface area is 93.9 Å². The number of rotatable bonds is 1. The van der Waals surface area contributed by atoms with Crippen LogP contribution in [0.25, 0.3) is 0 Å². The predicted octanol–water partition coefficient (Wildman–Crippen LogP) is 2.39. The van der Waals surface area contributed by atoms with Crippen molar-refractivity contribution in [3.63, 3.8) is 0 Å². The van der Waals surface area contributed by atoms with Crippen LogP contribution in [0, 0.1) is 0 Å². The van der Waals surface area contributed by atoms with Gasteiger partial charge in [0, 0.05) is 18.5 Å². The third-order valence-electron chi connectivity index (χ3n) is 2.60. The van der Waals surface area contributed by atoms with Crippen LogP contribution in [0.2, 0.25) is 0 Å². The Morgan fingerprint density at radius 2 is 2.57 bits per heavy atom. The minimum absolute atomic E-state index is 0.509. The van der Waals surface area contributed by atoms with Crippen molar-refractivity contribution in [1.82, 2.24) is 10.2 Å². The van der Waals surface area contributed by atoms with Crippen molar-refractivity contribution in [1.29, 1.82) is 0 Å². The van der Waals surface area contributed by atoms with E-state index < -0.39 is 0 Å². The standard InChI is InChI=1S/C10H14N2S2/c1-11-10(13)12-6-2-4-8(12)9-5-3-7-14-9/h3,5,7-8H,2,4,6H2,1H3,(H,11,13)/t8-/m0/s1. The first-order valence-corrected chi connectivity index (χ1v) is 6.13. The van der Waals surface area contributed by atoms with Gasteiger partial charge in [0.1, 0.15) is 0 Å². The number of thiocarbonyl (C=S) groups is 1. The molecule has 0 bridgehead atoms. The summed E-state index contributed by atoms with van der Waals surface area (Å²) >= 11 is 7.11. The molecule has 1 N–H and O–H groups in total. The Morgan fingerprint density at radius 1 is 1.71 bits per heavy atom. The zero-order chi connectivity index (χ0) is 9.97. The molecular weight excluding hydrogens is 212 g/mol. The highest BCUT2D eigenvalue weighted by Crippen LogP contribution is 2.34. The van der Waals surface area contributed by atoms with Crippen molar-refractivity contribution < 1.29 is 0 Å². The van der Waals surface area contributed by atoms with Crippen LogP contribution >= 0.6 is 23.6 Å². The van der Waals surface area contributed by atoms with Gasteiger partial charge >= 0.3 is 0 Å². The van der Waals surface area contributed by atoms with Gasteiger partial charge in [0.2, 0.25) is 0 Å². The summed E-state index contributed by atoms with van der Waals surface area (Å²) in [7, 11) is 1.89. The van der Waals surface area contributed by atoms with Crippen LogP contribution in [-0.4, -0.2) is 23.6 Å². The molecule has 1 aromatic heterocycles.